The Morgan fingerprint density at radius 1 is 1.37 bits per heavy atom. The van der Waals surface area contributed by atoms with Crippen LogP contribution in [-0.4, -0.2) is 16.2 Å². The molecule has 0 fully saturated rings. The summed E-state index contributed by atoms with van der Waals surface area (Å²) in [5, 5.41) is 1.04. The quantitative estimate of drug-likeness (QED) is 0.923. The Balaban J connectivity index is 2.05. The number of aryl methyl sites for hydroxylation is 1. The van der Waals surface area contributed by atoms with Crippen molar-refractivity contribution in [1.82, 2.24) is 9.55 Å². The van der Waals surface area contributed by atoms with Gasteiger partial charge in [0.25, 0.3) is 0 Å². The molecule has 2 aromatic rings. The van der Waals surface area contributed by atoms with E-state index < -0.39 is 0 Å². The van der Waals surface area contributed by atoms with Crippen molar-refractivity contribution in [3.05, 3.63) is 46.0 Å². The van der Waals surface area contributed by atoms with Crippen molar-refractivity contribution >= 4 is 23.2 Å². The zero-order chi connectivity index (χ0) is 13.8. The average Bonchev–Trinajstić information content (AvgIpc) is 2.77. The summed E-state index contributed by atoms with van der Waals surface area (Å²) >= 11 is 12.1. The molecule has 0 aliphatic rings. The first kappa shape index (κ1) is 14.2. The predicted octanol–water partition coefficient (Wildman–Crippen LogP) is 3.04. The zero-order valence-corrected chi connectivity index (χ0v) is 12.1. The smallest absolute Gasteiger partial charge is 0.142 e. The molecule has 4 nitrogen and oxygen atoms in total. The first-order valence-electron chi connectivity index (χ1n) is 5.90. The number of imidazole rings is 1. The molecule has 0 aliphatic heterocycles. The van der Waals surface area contributed by atoms with Crippen LogP contribution in [-0.2, 0) is 13.1 Å². The molecule has 2 N–H and O–H groups in total. The highest BCUT2D eigenvalue weighted by atomic mass is 35.5. The van der Waals surface area contributed by atoms with Crippen LogP contribution < -0.4 is 10.5 Å². The summed E-state index contributed by atoms with van der Waals surface area (Å²) in [6.07, 6.45) is 3.67. The molecule has 0 atom stereocenters. The predicted molar refractivity (Wildman–Crippen MR) is 76.8 cm³/mol. The maximum absolute atomic E-state index is 6.12. The third-order valence-corrected chi connectivity index (χ3v) is 3.31. The van der Waals surface area contributed by atoms with Gasteiger partial charge in [-0.05, 0) is 19.1 Å². The molecule has 2 rings (SSSR count). The SMILES string of the molecule is Cc1nccn1CCOc1c(Cl)cc(Cl)cc1CN. The molecule has 0 spiro atoms. The third kappa shape index (κ3) is 3.41. The molecular weight excluding hydrogens is 285 g/mol. The van der Waals surface area contributed by atoms with Crippen LogP contribution in [0.15, 0.2) is 24.5 Å². The summed E-state index contributed by atoms with van der Waals surface area (Å²) < 4.78 is 7.73. The summed E-state index contributed by atoms with van der Waals surface area (Å²) in [6.45, 7) is 3.47. The van der Waals surface area contributed by atoms with E-state index in [1.807, 2.05) is 17.7 Å². The summed E-state index contributed by atoms with van der Waals surface area (Å²) in [5.74, 6) is 1.55. The molecule has 1 aromatic heterocycles. The summed E-state index contributed by atoms with van der Waals surface area (Å²) in [7, 11) is 0. The lowest BCUT2D eigenvalue weighted by Crippen LogP contribution is -2.11. The van der Waals surface area contributed by atoms with Gasteiger partial charge in [-0.2, -0.15) is 0 Å². The number of aromatic nitrogens is 2. The number of nitrogens with two attached hydrogens (primary N) is 1. The monoisotopic (exact) mass is 299 g/mol. The van der Waals surface area contributed by atoms with Crippen LogP contribution in [0.3, 0.4) is 0 Å². The van der Waals surface area contributed by atoms with Crippen molar-refractivity contribution in [2.45, 2.75) is 20.0 Å². The van der Waals surface area contributed by atoms with Crippen molar-refractivity contribution in [2.24, 2.45) is 5.73 Å². The van der Waals surface area contributed by atoms with Crippen LogP contribution in [0, 0.1) is 6.92 Å². The number of benzene rings is 1. The number of hydrogen-bond acceptors (Lipinski definition) is 3. The Morgan fingerprint density at radius 2 is 2.16 bits per heavy atom. The van der Waals surface area contributed by atoms with Gasteiger partial charge < -0.3 is 15.0 Å². The number of hydrogen-bond donors (Lipinski definition) is 1. The number of rotatable bonds is 5. The van der Waals surface area contributed by atoms with Crippen molar-refractivity contribution < 1.29 is 4.74 Å². The molecule has 6 heteroatoms. The van der Waals surface area contributed by atoms with Crippen LogP contribution in [0.5, 0.6) is 5.75 Å². The van der Waals surface area contributed by atoms with E-state index in [1.54, 1.807) is 18.3 Å². The van der Waals surface area contributed by atoms with E-state index in [0.29, 0.717) is 35.5 Å². The molecule has 0 saturated carbocycles. The molecule has 0 radical (unpaired) electrons. The number of halogens is 2. The van der Waals surface area contributed by atoms with Crippen LogP contribution in [0.2, 0.25) is 10.0 Å². The highest BCUT2D eigenvalue weighted by molar-refractivity contribution is 6.35. The largest absolute Gasteiger partial charge is 0.490 e. The van der Waals surface area contributed by atoms with E-state index >= 15 is 0 Å². The van der Waals surface area contributed by atoms with Gasteiger partial charge in [0.05, 0.1) is 11.6 Å². The Labute approximate surface area is 122 Å². The van der Waals surface area contributed by atoms with Gasteiger partial charge in [-0.15, -0.1) is 0 Å². The lowest BCUT2D eigenvalue weighted by molar-refractivity contribution is 0.294. The third-order valence-electron chi connectivity index (χ3n) is 2.81. The lowest BCUT2D eigenvalue weighted by atomic mass is 10.2. The molecular formula is C13H15Cl2N3O. The van der Waals surface area contributed by atoms with Crippen LogP contribution in [0.1, 0.15) is 11.4 Å². The van der Waals surface area contributed by atoms with Crippen LogP contribution in [0.25, 0.3) is 0 Å². The van der Waals surface area contributed by atoms with E-state index in [2.05, 4.69) is 4.98 Å². The van der Waals surface area contributed by atoms with Crippen molar-refractivity contribution in [3.63, 3.8) is 0 Å². The van der Waals surface area contributed by atoms with E-state index in [9.17, 15) is 0 Å². The summed E-state index contributed by atoms with van der Waals surface area (Å²) in [4.78, 5) is 4.15. The molecule has 0 aliphatic carbocycles. The van der Waals surface area contributed by atoms with E-state index in [0.717, 1.165) is 11.4 Å². The second kappa shape index (κ2) is 6.28. The molecule has 1 heterocycles. The Morgan fingerprint density at radius 3 is 2.79 bits per heavy atom. The first-order valence-corrected chi connectivity index (χ1v) is 6.66. The minimum absolute atomic E-state index is 0.333. The minimum Gasteiger partial charge on any atom is -0.490 e. The maximum Gasteiger partial charge on any atom is 0.142 e. The standard InChI is InChI=1S/C13H15Cl2N3O/c1-9-17-2-3-18(9)4-5-19-13-10(8-16)6-11(14)7-12(13)15/h2-3,6-7H,4-5,8,16H2,1H3. The number of nitrogens with zero attached hydrogens (tertiary/aromatic N) is 2. The van der Waals surface area contributed by atoms with Gasteiger partial charge in [0.2, 0.25) is 0 Å². The topological polar surface area (TPSA) is 53.1 Å². The molecule has 0 bridgehead atoms. The van der Waals surface area contributed by atoms with Crippen LogP contribution >= 0.6 is 23.2 Å². The van der Waals surface area contributed by atoms with Crippen molar-refractivity contribution in [2.75, 3.05) is 6.61 Å². The van der Waals surface area contributed by atoms with Gasteiger partial charge in [0.1, 0.15) is 18.2 Å². The Hall–Kier alpha value is -1.23. The highest BCUT2D eigenvalue weighted by Gasteiger charge is 2.09. The van der Waals surface area contributed by atoms with E-state index in [4.69, 9.17) is 33.7 Å². The normalized spacial score (nSPS) is 10.7. The average molecular weight is 300 g/mol. The molecule has 0 saturated heterocycles. The Bertz CT molecular complexity index is 569. The summed E-state index contributed by atoms with van der Waals surface area (Å²) in [6, 6.07) is 3.42. The van der Waals surface area contributed by atoms with Gasteiger partial charge in [-0.1, -0.05) is 23.2 Å². The van der Waals surface area contributed by atoms with Gasteiger partial charge in [0, 0.05) is 29.5 Å². The molecule has 0 amide bonds. The first-order chi connectivity index (χ1) is 9.11. The van der Waals surface area contributed by atoms with E-state index in [1.165, 1.54) is 0 Å². The molecule has 0 unspecified atom stereocenters. The fraction of sp³-hybridized carbons (Fsp3) is 0.308. The molecule has 1 aromatic carbocycles. The van der Waals surface area contributed by atoms with Crippen LogP contribution in [0.4, 0.5) is 0 Å². The fourth-order valence-electron chi connectivity index (χ4n) is 1.81. The summed E-state index contributed by atoms with van der Waals surface area (Å²) in [5.41, 5.74) is 6.47. The van der Waals surface area contributed by atoms with Crippen molar-refractivity contribution in [3.8, 4) is 5.75 Å². The fourth-order valence-corrected chi connectivity index (χ4v) is 2.40. The molecule has 19 heavy (non-hydrogen) atoms. The van der Waals surface area contributed by atoms with Crippen molar-refractivity contribution in [1.29, 1.82) is 0 Å². The van der Waals surface area contributed by atoms with Gasteiger partial charge in [-0.25, -0.2) is 4.98 Å². The Kier molecular flexibility index (Phi) is 4.69. The minimum atomic E-state index is 0.333. The van der Waals surface area contributed by atoms with Gasteiger partial charge in [-0.3, -0.25) is 0 Å². The van der Waals surface area contributed by atoms with Gasteiger partial charge >= 0.3 is 0 Å². The van der Waals surface area contributed by atoms with Gasteiger partial charge in [0.15, 0.2) is 0 Å². The van der Waals surface area contributed by atoms with E-state index in [-0.39, 0.29) is 0 Å². The number of ether oxygens (including phenoxy) is 1. The zero-order valence-electron chi connectivity index (χ0n) is 10.6. The lowest BCUT2D eigenvalue weighted by Gasteiger charge is -2.13. The highest BCUT2D eigenvalue weighted by Crippen LogP contribution is 2.32. The second-order valence-electron chi connectivity index (χ2n) is 4.10. The maximum atomic E-state index is 6.12. The molecule has 102 valence electrons. The second-order valence-corrected chi connectivity index (χ2v) is 4.94.